The van der Waals surface area contributed by atoms with E-state index < -0.39 is 30.8 Å². The molecular formula is C20H18N2O5S2. The minimum atomic E-state index is -3.76. The molecule has 1 aliphatic heterocycles. The van der Waals surface area contributed by atoms with E-state index in [9.17, 15) is 21.6 Å². The van der Waals surface area contributed by atoms with Gasteiger partial charge in [-0.1, -0.05) is 18.2 Å². The predicted octanol–water partition coefficient (Wildman–Crippen LogP) is 2.45. The summed E-state index contributed by atoms with van der Waals surface area (Å²) >= 11 is 0. The Morgan fingerprint density at radius 3 is 2.45 bits per heavy atom. The van der Waals surface area contributed by atoms with Gasteiger partial charge in [-0.3, -0.25) is 9.78 Å². The average Bonchev–Trinajstić information content (AvgIpc) is 3.09. The Morgan fingerprint density at radius 2 is 1.76 bits per heavy atom. The normalized spacial score (nSPS) is 18.6. The van der Waals surface area contributed by atoms with Crippen molar-refractivity contribution in [1.29, 1.82) is 0 Å². The molecule has 1 fully saturated rings. The molecule has 1 amide bonds. The molecule has 0 bridgehead atoms. The van der Waals surface area contributed by atoms with Crippen LogP contribution in [0.1, 0.15) is 16.8 Å². The number of para-hydroxylation sites is 1. The van der Waals surface area contributed by atoms with E-state index in [4.69, 9.17) is 0 Å². The largest absolute Gasteiger partial charge is 0.320 e. The van der Waals surface area contributed by atoms with Gasteiger partial charge in [0.2, 0.25) is 0 Å². The maximum Gasteiger partial charge on any atom is 0.255 e. The molecule has 0 radical (unpaired) electrons. The number of fused-ring (bicyclic) bond motifs is 1. The summed E-state index contributed by atoms with van der Waals surface area (Å²) in [6.45, 7) is 0. The number of amides is 1. The number of anilines is 1. The lowest BCUT2D eigenvalue weighted by Crippen LogP contribution is -2.23. The lowest BCUT2D eigenvalue weighted by atomic mass is 10.1. The van der Waals surface area contributed by atoms with Crippen LogP contribution in [-0.2, 0) is 19.7 Å². The van der Waals surface area contributed by atoms with Crippen LogP contribution in [0.3, 0.4) is 0 Å². The fraction of sp³-hybridized carbons (Fsp3) is 0.200. The van der Waals surface area contributed by atoms with Crippen LogP contribution in [0.2, 0.25) is 0 Å². The van der Waals surface area contributed by atoms with Gasteiger partial charge in [0.15, 0.2) is 19.7 Å². The third-order valence-electron chi connectivity index (χ3n) is 4.96. The molecular weight excluding hydrogens is 412 g/mol. The summed E-state index contributed by atoms with van der Waals surface area (Å²) in [7, 11) is -7.07. The zero-order chi connectivity index (χ0) is 20.6. The van der Waals surface area contributed by atoms with E-state index in [0.29, 0.717) is 11.2 Å². The van der Waals surface area contributed by atoms with Gasteiger partial charge in [-0.25, -0.2) is 16.8 Å². The topological polar surface area (TPSA) is 110 Å². The Balaban J connectivity index is 1.55. The van der Waals surface area contributed by atoms with Crippen LogP contribution in [0.4, 0.5) is 5.69 Å². The fourth-order valence-electron chi connectivity index (χ4n) is 3.39. The van der Waals surface area contributed by atoms with E-state index >= 15 is 0 Å². The summed E-state index contributed by atoms with van der Waals surface area (Å²) in [4.78, 5) is 16.9. The van der Waals surface area contributed by atoms with Crippen LogP contribution < -0.4 is 5.32 Å². The van der Waals surface area contributed by atoms with Gasteiger partial charge < -0.3 is 5.32 Å². The summed E-state index contributed by atoms with van der Waals surface area (Å²) in [5.41, 5.74) is 1.50. The molecule has 1 atom stereocenters. The molecule has 29 heavy (non-hydrogen) atoms. The summed E-state index contributed by atoms with van der Waals surface area (Å²) in [6.07, 6.45) is 1.74. The van der Waals surface area contributed by atoms with Gasteiger partial charge in [-0.2, -0.15) is 0 Å². The second kappa shape index (κ2) is 7.23. The zero-order valence-electron chi connectivity index (χ0n) is 15.3. The Labute approximate surface area is 168 Å². The van der Waals surface area contributed by atoms with Crippen molar-refractivity contribution in [2.45, 2.75) is 16.6 Å². The third kappa shape index (κ3) is 3.88. The van der Waals surface area contributed by atoms with Crippen LogP contribution >= 0.6 is 0 Å². The third-order valence-corrected chi connectivity index (χ3v) is 9.14. The van der Waals surface area contributed by atoms with E-state index in [1.165, 1.54) is 24.3 Å². The number of hydrogen-bond acceptors (Lipinski definition) is 6. The second-order valence-corrected chi connectivity index (χ2v) is 11.4. The van der Waals surface area contributed by atoms with Crippen LogP contribution in [-0.4, -0.2) is 44.5 Å². The molecule has 4 rings (SSSR count). The number of pyridine rings is 1. The minimum Gasteiger partial charge on any atom is -0.320 e. The summed E-state index contributed by atoms with van der Waals surface area (Å²) < 4.78 is 48.5. The molecule has 3 aromatic rings. The van der Waals surface area contributed by atoms with Crippen LogP contribution in [0.15, 0.2) is 65.7 Å². The lowest BCUT2D eigenvalue weighted by molar-refractivity contribution is 0.102. The van der Waals surface area contributed by atoms with Crippen molar-refractivity contribution in [3.05, 3.63) is 66.4 Å². The van der Waals surface area contributed by atoms with Crippen LogP contribution in [0.5, 0.6) is 0 Å². The van der Waals surface area contributed by atoms with Crippen molar-refractivity contribution in [2.75, 3.05) is 16.8 Å². The van der Waals surface area contributed by atoms with Crippen molar-refractivity contribution < 1.29 is 21.6 Å². The molecule has 1 saturated heterocycles. The smallest absolute Gasteiger partial charge is 0.255 e. The first-order valence-corrected chi connectivity index (χ1v) is 12.3. The highest BCUT2D eigenvalue weighted by molar-refractivity contribution is 7.96. The first kappa shape index (κ1) is 19.5. The minimum absolute atomic E-state index is 0.0166. The molecule has 7 nitrogen and oxygen atoms in total. The summed E-state index contributed by atoms with van der Waals surface area (Å²) in [5.74, 6) is -0.863. The maximum atomic E-state index is 12.7. The number of carbonyl (C=O) groups excluding carboxylic acids is 1. The van der Waals surface area contributed by atoms with Crippen molar-refractivity contribution in [2.24, 2.45) is 0 Å². The van der Waals surface area contributed by atoms with Crippen LogP contribution in [0.25, 0.3) is 10.9 Å². The van der Waals surface area contributed by atoms with E-state index in [-0.39, 0.29) is 28.4 Å². The van der Waals surface area contributed by atoms with E-state index in [2.05, 4.69) is 10.3 Å². The number of carbonyl (C=O) groups is 1. The number of hydrogen-bond donors (Lipinski definition) is 1. The van der Waals surface area contributed by atoms with E-state index in [1.54, 1.807) is 12.3 Å². The first-order chi connectivity index (χ1) is 13.8. The maximum absolute atomic E-state index is 12.7. The monoisotopic (exact) mass is 430 g/mol. The summed E-state index contributed by atoms with van der Waals surface area (Å²) in [5, 5.41) is 2.75. The summed E-state index contributed by atoms with van der Waals surface area (Å²) in [6, 6.07) is 14.7. The van der Waals surface area contributed by atoms with Crippen molar-refractivity contribution in [1.82, 2.24) is 4.98 Å². The average molecular weight is 431 g/mol. The van der Waals surface area contributed by atoms with Gasteiger partial charge in [-0.15, -0.1) is 0 Å². The van der Waals surface area contributed by atoms with Gasteiger partial charge in [0.05, 0.1) is 32.9 Å². The number of sulfone groups is 2. The van der Waals surface area contributed by atoms with Crippen molar-refractivity contribution in [3.8, 4) is 0 Å². The van der Waals surface area contributed by atoms with Crippen LogP contribution in [0, 0.1) is 0 Å². The molecule has 150 valence electrons. The standard InChI is InChI=1S/C20H18N2O5S2/c23-20(22-18-5-1-3-14-4-2-11-21-19(14)18)15-6-8-16(9-7-15)29(26,27)17-10-12-28(24,25)13-17/h1-9,11,17H,10,12-13H2,(H,22,23). The molecule has 1 N–H and O–H groups in total. The Hall–Kier alpha value is -2.78. The Bertz CT molecular complexity index is 1290. The quantitative estimate of drug-likeness (QED) is 0.681. The molecule has 9 heteroatoms. The predicted molar refractivity (Wildman–Crippen MR) is 110 cm³/mol. The molecule has 1 aromatic heterocycles. The Morgan fingerprint density at radius 1 is 1.03 bits per heavy atom. The number of nitrogens with one attached hydrogen (secondary N) is 1. The van der Waals surface area contributed by atoms with Gasteiger partial charge in [0.1, 0.15) is 0 Å². The highest BCUT2D eigenvalue weighted by Gasteiger charge is 2.38. The molecule has 1 unspecified atom stereocenters. The van der Waals surface area contributed by atoms with Gasteiger partial charge in [-0.05, 0) is 42.8 Å². The molecule has 0 saturated carbocycles. The van der Waals surface area contributed by atoms with E-state index in [1.807, 2.05) is 24.3 Å². The number of rotatable bonds is 4. The van der Waals surface area contributed by atoms with Gasteiger partial charge in [0.25, 0.3) is 5.91 Å². The van der Waals surface area contributed by atoms with Gasteiger partial charge in [0, 0.05) is 17.1 Å². The lowest BCUT2D eigenvalue weighted by Gasteiger charge is -2.11. The zero-order valence-corrected chi connectivity index (χ0v) is 16.9. The number of aromatic nitrogens is 1. The van der Waals surface area contributed by atoms with Crippen molar-refractivity contribution in [3.63, 3.8) is 0 Å². The number of nitrogens with zero attached hydrogens (tertiary/aromatic N) is 1. The molecule has 1 aliphatic rings. The molecule has 2 aromatic carbocycles. The number of benzene rings is 2. The molecule has 2 heterocycles. The highest BCUT2D eigenvalue weighted by Crippen LogP contribution is 2.26. The highest BCUT2D eigenvalue weighted by atomic mass is 32.2. The molecule has 0 spiro atoms. The van der Waals surface area contributed by atoms with E-state index in [0.717, 1.165) is 5.39 Å². The first-order valence-electron chi connectivity index (χ1n) is 8.96. The van der Waals surface area contributed by atoms with Crippen molar-refractivity contribution >= 4 is 42.2 Å². The molecule has 0 aliphatic carbocycles. The van der Waals surface area contributed by atoms with Gasteiger partial charge >= 0.3 is 0 Å². The SMILES string of the molecule is O=C(Nc1cccc2cccnc12)c1ccc(S(=O)(=O)C2CCS(=O)(=O)C2)cc1. The fourth-order valence-corrected chi connectivity index (χ4v) is 7.75. The Kier molecular flexibility index (Phi) is 4.87. The second-order valence-electron chi connectivity index (χ2n) is 6.93.